The fourth-order valence-corrected chi connectivity index (χ4v) is 5.50. The molecule has 0 radical (unpaired) electrons. The normalized spacial score (nSPS) is 15.6. The maximum atomic E-state index is 13.6. The smallest absolute Gasteiger partial charge is 0.320 e. The molecule has 4 aromatic rings. The average Bonchev–Trinajstić information content (AvgIpc) is 3.18. The highest BCUT2D eigenvalue weighted by Gasteiger charge is 2.28. The third-order valence-corrected chi connectivity index (χ3v) is 7.50. The number of aromatic amines is 1. The molecule has 1 N–H and O–H groups in total. The lowest BCUT2D eigenvalue weighted by molar-refractivity contribution is -0.384. The lowest BCUT2D eigenvalue weighted by atomic mass is 9.98. The van der Waals surface area contributed by atoms with Crippen LogP contribution in [0.1, 0.15) is 17.0 Å². The Morgan fingerprint density at radius 2 is 1.72 bits per heavy atom. The Kier molecular flexibility index (Phi) is 6.30. The zero-order valence-corrected chi connectivity index (χ0v) is 22.0. The van der Waals surface area contributed by atoms with Gasteiger partial charge in [0.25, 0.3) is 5.69 Å². The van der Waals surface area contributed by atoms with Gasteiger partial charge in [-0.05, 0) is 66.9 Å². The van der Waals surface area contributed by atoms with Gasteiger partial charge in [0.2, 0.25) is 0 Å². The summed E-state index contributed by atoms with van der Waals surface area (Å²) in [5, 5.41) is 10.9. The molecular formula is C29H30N6O4. The molecule has 6 rings (SSSR count). The molecule has 3 aromatic carbocycles. The van der Waals surface area contributed by atoms with Gasteiger partial charge in [0.15, 0.2) is 0 Å². The van der Waals surface area contributed by atoms with Crippen LogP contribution in [0.4, 0.5) is 16.2 Å². The van der Waals surface area contributed by atoms with Crippen LogP contribution in [0.25, 0.3) is 22.2 Å². The second-order valence-corrected chi connectivity index (χ2v) is 10.1. The number of hydrogen-bond donors (Lipinski definition) is 1. The number of benzene rings is 3. The minimum Gasteiger partial charge on any atom is -0.491 e. The summed E-state index contributed by atoms with van der Waals surface area (Å²) in [5.41, 5.74) is 7.16. The number of nitro groups is 1. The van der Waals surface area contributed by atoms with Crippen molar-refractivity contribution in [2.75, 3.05) is 44.2 Å². The highest BCUT2D eigenvalue weighted by molar-refractivity contribution is 5.83. The van der Waals surface area contributed by atoms with E-state index in [-0.39, 0.29) is 11.7 Å². The van der Waals surface area contributed by atoms with Crippen LogP contribution < -0.4 is 9.64 Å². The Labute approximate surface area is 226 Å². The lowest BCUT2D eigenvalue weighted by Crippen LogP contribution is -2.53. The summed E-state index contributed by atoms with van der Waals surface area (Å²) in [7, 11) is 0. The number of nitrogens with one attached hydrogen (secondary N) is 1. The van der Waals surface area contributed by atoms with Crippen molar-refractivity contribution in [1.29, 1.82) is 0 Å². The SMILES string of the molecule is Cc1nc2ccc(-c3cc(C)c4c(c3)CN(C(=O)N3CCN(c5ccc([N+](=O)[O-])cc5)CC3)CCO4)cc2[nH]1. The minimum atomic E-state index is -0.396. The third kappa shape index (κ3) is 4.85. The topological polar surface area (TPSA) is 108 Å². The van der Waals surface area contributed by atoms with Crippen LogP contribution in [0.15, 0.2) is 54.6 Å². The number of H-pyrrole nitrogens is 1. The predicted molar refractivity (Wildman–Crippen MR) is 149 cm³/mol. The molecule has 1 saturated heterocycles. The number of fused-ring (bicyclic) bond motifs is 2. The molecule has 3 heterocycles. The summed E-state index contributed by atoms with van der Waals surface area (Å²) in [6, 6.07) is 17.1. The van der Waals surface area contributed by atoms with Crippen LogP contribution in [-0.4, -0.2) is 70.1 Å². The number of carbonyl (C=O) groups excluding carboxylic acids is 1. The van der Waals surface area contributed by atoms with E-state index in [4.69, 9.17) is 4.74 Å². The number of aromatic nitrogens is 2. The maximum absolute atomic E-state index is 13.6. The average molecular weight is 527 g/mol. The Morgan fingerprint density at radius 1 is 0.949 bits per heavy atom. The van der Waals surface area contributed by atoms with Gasteiger partial charge in [0.1, 0.15) is 18.2 Å². The first-order valence-electron chi connectivity index (χ1n) is 13.1. The summed E-state index contributed by atoms with van der Waals surface area (Å²) in [6.07, 6.45) is 0. The number of anilines is 1. The van der Waals surface area contributed by atoms with E-state index >= 15 is 0 Å². The number of imidazole rings is 1. The van der Waals surface area contributed by atoms with Crippen LogP contribution in [0.5, 0.6) is 5.75 Å². The third-order valence-electron chi connectivity index (χ3n) is 7.50. The number of amides is 2. The van der Waals surface area contributed by atoms with Gasteiger partial charge in [-0.25, -0.2) is 9.78 Å². The van der Waals surface area contributed by atoms with Crippen molar-refractivity contribution in [3.8, 4) is 16.9 Å². The van der Waals surface area contributed by atoms with E-state index in [9.17, 15) is 14.9 Å². The number of rotatable bonds is 3. The molecule has 1 aromatic heterocycles. The molecule has 0 atom stereocenters. The van der Waals surface area contributed by atoms with Crippen LogP contribution in [-0.2, 0) is 6.54 Å². The second kappa shape index (κ2) is 9.94. The molecule has 200 valence electrons. The fraction of sp³-hybridized carbons (Fsp3) is 0.310. The summed E-state index contributed by atoms with van der Waals surface area (Å²) in [6.45, 7) is 7.96. The second-order valence-electron chi connectivity index (χ2n) is 10.1. The van der Waals surface area contributed by atoms with Crippen LogP contribution >= 0.6 is 0 Å². The van der Waals surface area contributed by atoms with Crippen LogP contribution in [0.3, 0.4) is 0 Å². The summed E-state index contributed by atoms with van der Waals surface area (Å²) in [5.74, 6) is 1.74. The highest BCUT2D eigenvalue weighted by atomic mass is 16.6. The molecule has 0 bridgehead atoms. The summed E-state index contributed by atoms with van der Waals surface area (Å²) >= 11 is 0. The lowest BCUT2D eigenvalue weighted by Gasteiger charge is -2.38. The van der Waals surface area contributed by atoms with Gasteiger partial charge < -0.3 is 24.4 Å². The van der Waals surface area contributed by atoms with Gasteiger partial charge in [-0.3, -0.25) is 10.1 Å². The van der Waals surface area contributed by atoms with Crippen molar-refractivity contribution < 1.29 is 14.5 Å². The molecule has 2 aliphatic heterocycles. The van der Waals surface area contributed by atoms with Gasteiger partial charge >= 0.3 is 6.03 Å². The van der Waals surface area contributed by atoms with E-state index in [0.29, 0.717) is 45.9 Å². The van der Waals surface area contributed by atoms with Crippen molar-refractivity contribution >= 4 is 28.4 Å². The zero-order chi connectivity index (χ0) is 27.1. The number of ether oxygens (including phenoxy) is 1. The van der Waals surface area contributed by atoms with Gasteiger partial charge in [0, 0.05) is 49.6 Å². The van der Waals surface area contributed by atoms with Crippen molar-refractivity contribution in [2.45, 2.75) is 20.4 Å². The number of nitrogens with zero attached hydrogens (tertiary/aromatic N) is 5. The zero-order valence-electron chi connectivity index (χ0n) is 22.0. The minimum absolute atomic E-state index is 0.00668. The molecule has 10 nitrogen and oxygen atoms in total. The number of urea groups is 1. The van der Waals surface area contributed by atoms with Crippen LogP contribution in [0.2, 0.25) is 0 Å². The Bertz CT molecular complexity index is 1560. The number of hydrogen-bond acceptors (Lipinski definition) is 6. The van der Waals surface area contributed by atoms with E-state index in [1.54, 1.807) is 12.1 Å². The molecule has 0 unspecified atom stereocenters. The van der Waals surface area contributed by atoms with Gasteiger partial charge in [-0.1, -0.05) is 6.07 Å². The number of piperazine rings is 1. The number of nitro benzene ring substituents is 1. The number of aryl methyl sites for hydroxylation is 2. The fourth-order valence-electron chi connectivity index (χ4n) is 5.50. The largest absolute Gasteiger partial charge is 0.491 e. The van der Waals surface area contributed by atoms with Crippen molar-refractivity contribution in [2.24, 2.45) is 0 Å². The Morgan fingerprint density at radius 3 is 2.46 bits per heavy atom. The van der Waals surface area contributed by atoms with E-state index in [1.807, 2.05) is 22.8 Å². The molecule has 0 aliphatic carbocycles. The van der Waals surface area contributed by atoms with Crippen molar-refractivity contribution in [1.82, 2.24) is 19.8 Å². The summed E-state index contributed by atoms with van der Waals surface area (Å²) < 4.78 is 6.13. The van der Waals surface area contributed by atoms with Crippen molar-refractivity contribution in [3.63, 3.8) is 0 Å². The molecular weight excluding hydrogens is 496 g/mol. The molecule has 2 amide bonds. The Balaban J connectivity index is 1.17. The molecule has 2 aliphatic rings. The Hall–Kier alpha value is -4.60. The first kappa shape index (κ1) is 24.7. The van der Waals surface area contributed by atoms with E-state index in [1.165, 1.54) is 12.1 Å². The number of non-ortho nitro benzene ring substituents is 1. The van der Waals surface area contributed by atoms with E-state index in [0.717, 1.165) is 50.5 Å². The van der Waals surface area contributed by atoms with Gasteiger partial charge in [-0.2, -0.15) is 0 Å². The molecule has 0 spiro atoms. The van der Waals surface area contributed by atoms with E-state index < -0.39 is 4.92 Å². The van der Waals surface area contributed by atoms with E-state index in [2.05, 4.69) is 46.1 Å². The molecule has 0 saturated carbocycles. The first-order chi connectivity index (χ1) is 18.9. The predicted octanol–water partition coefficient (Wildman–Crippen LogP) is 4.89. The standard InChI is InChI=1S/C29H30N6O4/c1-19-15-22(21-3-8-26-27(17-21)31-20(2)30-26)16-23-18-34(13-14-39-28(19)23)29(36)33-11-9-32(10-12-33)24-4-6-25(7-5-24)35(37)38/h3-8,15-17H,9-14,18H2,1-2H3,(H,30,31). The highest BCUT2D eigenvalue weighted by Crippen LogP contribution is 2.34. The summed E-state index contributed by atoms with van der Waals surface area (Å²) in [4.78, 5) is 37.8. The van der Waals surface area contributed by atoms with Gasteiger partial charge in [0.05, 0.1) is 29.0 Å². The molecule has 39 heavy (non-hydrogen) atoms. The van der Waals surface area contributed by atoms with Crippen molar-refractivity contribution in [3.05, 3.63) is 81.7 Å². The number of carbonyl (C=O) groups is 1. The van der Waals surface area contributed by atoms with Crippen LogP contribution in [0, 0.1) is 24.0 Å². The van der Waals surface area contributed by atoms with Gasteiger partial charge in [-0.15, -0.1) is 0 Å². The quantitative estimate of drug-likeness (QED) is 0.301. The first-order valence-corrected chi connectivity index (χ1v) is 13.1. The molecule has 10 heteroatoms. The monoisotopic (exact) mass is 526 g/mol. The maximum Gasteiger partial charge on any atom is 0.320 e. The molecule has 1 fully saturated rings.